The third-order valence-electron chi connectivity index (χ3n) is 1.88. The van der Waals surface area contributed by atoms with Gasteiger partial charge >= 0.3 is 6.09 Å². The summed E-state index contributed by atoms with van der Waals surface area (Å²) < 4.78 is 4.34. The first kappa shape index (κ1) is 12.4. The van der Waals surface area contributed by atoms with Crippen LogP contribution in [0.2, 0.25) is 0 Å². The van der Waals surface area contributed by atoms with E-state index in [9.17, 15) is 25.0 Å². The van der Waals surface area contributed by atoms with Gasteiger partial charge in [-0.15, -0.1) is 0 Å². The van der Waals surface area contributed by atoms with Crippen LogP contribution in [0.15, 0.2) is 18.2 Å². The minimum atomic E-state index is -1.17. The maximum atomic E-state index is 10.7. The number of rotatable bonds is 4. The van der Waals surface area contributed by atoms with E-state index in [0.717, 1.165) is 12.1 Å². The summed E-state index contributed by atoms with van der Waals surface area (Å²) in [6, 6.07) is 3.32. The summed E-state index contributed by atoms with van der Waals surface area (Å²) in [7, 11) is 0. The smallest absolute Gasteiger partial charge is 0.404 e. The Kier molecular flexibility index (Phi) is 3.55. The van der Waals surface area contributed by atoms with Crippen LogP contribution in [0.3, 0.4) is 0 Å². The minimum Gasteiger partial charge on any atom is -0.444 e. The summed E-state index contributed by atoms with van der Waals surface area (Å²) in [6.07, 6.45) is -1.17. The summed E-state index contributed by atoms with van der Waals surface area (Å²) in [5.41, 5.74) is 3.39. The zero-order valence-electron chi connectivity index (χ0n) is 8.36. The van der Waals surface area contributed by atoms with E-state index >= 15 is 0 Å². The third kappa shape index (κ3) is 2.87. The van der Waals surface area contributed by atoms with Crippen molar-refractivity contribution in [3.05, 3.63) is 44.0 Å². The molecule has 1 aromatic rings. The van der Waals surface area contributed by atoms with Gasteiger partial charge in [-0.3, -0.25) is 20.2 Å². The van der Waals surface area contributed by atoms with Crippen LogP contribution < -0.4 is 5.73 Å². The summed E-state index contributed by atoms with van der Waals surface area (Å²) in [4.78, 5) is 30.1. The monoisotopic (exact) mass is 241 g/mol. The van der Waals surface area contributed by atoms with E-state index < -0.39 is 33.9 Å². The number of nitrogens with zero attached hydrogens (tertiary/aromatic N) is 2. The van der Waals surface area contributed by atoms with Crippen molar-refractivity contribution in [2.75, 3.05) is 0 Å². The third-order valence-corrected chi connectivity index (χ3v) is 1.88. The molecule has 0 aromatic heterocycles. The second-order valence-corrected chi connectivity index (χ2v) is 2.90. The average Bonchev–Trinajstić information content (AvgIpc) is 2.25. The largest absolute Gasteiger partial charge is 0.444 e. The van der Waals surface area contributed by atoms with Gasteiger partial charge in [0.1, 0.15) is 12.2 Å². The Morgan fingerprint density at radius 2 is 1.71 bits per heavy atom. The number of primary amides is 1. The van der Waals surface area contributed by atoms with Gasteiger partial charge in [-0.25, -0.2) is 4.79 Å². The zero-order chi connectivity index (χ0) is 13.0. The molecule has 0 heterocycles. The van der Waals surface area contributed by atoms with Crippen molar-refractivity contribution in [2.24, 2.45) is 5.73 Å². The van der Waals surface area contributed by atoms with E-state index in [1.807, 2.05) is 0 Å². The molecule has 2 N–H and O–H groups in total. The first-order chi connectivity index (χ1) is 7.93. The lowest BCUT2D eigenvalue weighted by Gasteiger charge is -2.03. The van der Waals surface area contributed by atoms with Gasteiger partial charge in [-0.1, -0.05) is 0 Å². The lowest BCUT2D eigenvalue weighted by molar-refractivity contribution is -0.396. The topological polar surface area (TPSA) is 139 Å². The van der Waals surface area contributed by atoms with Gasteiger partial charge < -0.3 is 10.5 Å². The summed E-state index contributed by atoms with van der Waals surface area (Å²) in [6.45, 7) is -0.622. The van der Waals surface area contributed by atoms with Gasteiger partial charge in [0.15, 0.2) is 0 Å². The lowest BCUT2D eigenvalue weighted by atomic mass is 10.1. The molecular formula is C8H7N3O6. The standard InChI is InChI=1S/C8H7N3O6/c9-8(12)17-4-5-6(10(13)14)2-1-3-7(5)11(15)16/h1-3H,4H2,(H2,9,12). The quantitative estimate of drug-likeness (QED) is 0.618. The Morgan fingerprint density at radius 1 is 1.24 bits per heavy atom. The highest BCUT2D eigenvalue weighted by Gasteiger charge is 2.25. The molecule has 0 aliphatic carbocycles. The Bertz CT molecular complexity index is 454. The Hall–Kier alpha value is -2.71. The Balaban J connectivity index is 3.23. The van der Waals surface area contributed by atoms with E-state index in [2.05, 4.69) is 4.74 Å². The second kappa shape index (κ2) is 4.88. The van der Waals surface area contributed by atoms with Crippen molar-refractivity contribution in [2.45, 2.75) is 6.61 Å². The molecule has 0 radical (unpaired) electrons. The fourth-order valence-corrected chi connectivity index (χ4v) is 1.20. The van der Waals surface area contributed by atoms with Gasteiger partial charge in [0.2, 0.25) is 0 Å². The molecule has 0 atom stereocenters. The first-order valence-corrected chi connectivity index (χ1v) is 4.26. The van der Waals surface area contributed by atoms with Crippen molar-refractivity contribution in [3.63, 3.8) is 0 Å². The predicted octanol–water partition coefficient (Wildman–Crippen LogP) is 1.10. The van der Waals surface area contributed by atoms with Crippen molar-refractivity contribution in [3.8, 4) is 0 Å². The molecule has 1 rings (SSSR count). The van der Waals surface area contributed by atoms with Crippen LogP contribution in [-0.2, 0) is 11.3 Å². The van der Waals surface area contributed by atoms with E-state index in [1.165, 1.54) is 6.07 Å². The number of amides is 1. The molecular weight excluding hydrogens is 234 g/mol. The molecule has 1 amide bonds. The summed E-state index contributed by atoms with van der Waals surface area (Å²) in [5, 5.41) is 21.3. The fourth-order valence-electron chi connectivity index (χ4n) is 1.20. The van der Waals surface area contributed by atoms with Crippen LogP contribution in [-0.4, -0.2) is 15.9 Å². The normalized spacial score (nSPS) is 9.65. The van der Waals surface area contributed by atoms with Crippen molar-refractivity contribution in [1.82, 2.24) is 0 Å². The minimum absolute atomic E-state index is 0.304. The lowest BCUT2D eigenvalue weighted by Crippen LogP contribution is -2.14. The number of nitrogens with two attached hydrogens (primary N) is 1. The fraction of sp³-hybridized carbons (Fsp3) is 0.125. The SMILES string of the molecule is NC(=O)OCc1c([N+](=O)[O-])cccc1[N+](=O)[O-]. The highest BCUT2D eigenvalue weighted by molar-refractivity contribution is 5.65. The predicted molar refractivity (Wildman–Crippen MR) is 54.1 cm³/mol. The van der Waals surface area contributed by atoms with Crippen LogP contribution in [0.25, 0.3) is 0 Å². The number of benzene rings is 1. The number of nitro groups is 2. The van der Waals surface area contributed by atoms with E-state index in [0.29, 0.717) is 0 Å². The zero-order valence-corrected chi connectivity index (χ0v) is 8.36. The molecule has 0 unspecified atom stereocenters. The van der Waals surface area contributed by atoms with Crippen LogP contribution in [0.4, 0.5) is 16.2 Å². The molecule has 0 saturated carbocycles. The summed E-state index contributed by atoms with van der Waals surface area (Å²) in [5.74, 6) is 0. The average molecular weight is 241 g/mol. The molecule has 0 bridgehead atoms. The Labute approximate surface area is 94.1 Å². The molecule has 9 heteroatoms. The van der Waals surface area contributed by atoms with Crippen molar-refractivity contribution >= 4 is 17.5 Å². The Morgan fingerprint density at radius 3 is 2.06 bits per heavy atom. The number of hydrogen-bond donors (Lipinski definition) is 1. The van der Waals surface area contributed by atoms with Gasteiger partial charge in [-0.2, -0.15) is 0 Å². The number of nitro benzene ring substituents is 2. The molecule has 0 fully saturated rings. The first-order valence-electron chi connectivity index (χ1n) is 4.26. The van der Waals surface area contributed by atoms with Crippen molar-refractivity contribution in [1.29, 1.82) is 0 Å². The number of carbonyl (C=O) groups excluding carboxylic acids is 1. The van der Waals surface area contributed by atoms with Gasteiger partial charge in [0.25, 0.3) is 11.4 Å². The highest BCUT2D eigenvalue weighted by Crippen LogP contribution is 2.28. The number of hydrogen-bond acceptors (Lipinski definition) is 6. The van der Waals surface area contributed by atoms with E-state index in [-0.39, 0.29) is 5.56 Å². The molecule has 1 aromatic carbocycles. The highest BCUT2D eigenvalue weighted by atomic mass is 16.6. The van der Waals surface area contributed by atoms with Crippen molar-refractivity contribution < 1.29 is 19.4 Å². The van der Waals surface area contributed by atoms with Gasteiger partial charge in [0.05, 0.1) is 9.85 Å². The molecule has 0 spiro atoms. The molecule has 90 valence electrons. The molecule has 0 saturated heterocycles. The summed E-state index contributed by atoms with van der Waals surface area (Å²) >= 11 is 0. The molecule has 17 heavy (non-hydrogen) atoms. The maximum Gasteiger partial charge on any atom is 0.404 e. The molecule has 0 aliphatic rings. The van der Waals surface area contributed by atoms with Crippen LogP contribution in [0.1, 0.15) is 5.56 Å². The van der Waals surface area contributed by atoms with E-state index in [1.54, 1.807) is 0 Å². The second-order valence-electron chi connectivity index (χ2n) is 2.90. The van der Waals surface area contributed by atoms with Crippen LogP contribution in [0, 0.1) is 20.2 Å². The molecule has 0 aliphatic heterocycles. The number of carbonyl (C=O) groups is 1. The maximum absolute atomic E-state index is 10.7. The number of ether oxygens (including phenoxy) is 1. The van der Waals surface area contributed by atoms with Crippen LogP contribution >= 0.6 is 0 Å². The van der Waals surface area contributed by atoms with Crippen LogP contribution in [0.5, 0.6) is 0 Å². The van der Waals surface area contributed by atoms with E-state index in [4.69, 9.17) is 5.73 Å². The van der Waals surface area contributed by atoms with Gasteiger partial charge in [0, 0.05) is 12.1 Å². The molecule has 9 nitrogen and oxygen atoms in total. The van der Waals surface area contributed by atoms with Gasteiger partial charge in [-0.05, 0) is 6.07 Å².